The number of ether oxygens (including phenoxy) is 1. The number of tetrazole rings is 1. The van der Waals surface area contributed by atoms with Crippen LogP contribution in [0.2, 0.25) is 0 Å². The van der Waals surface area contributed by atoms with Crippen LogP contribution in [0.3, 0.4) is 0 Å². The van der Waals surface area contributed by atoms with Crippen molar-refractivity contribution in [3.05, 3.63) is 30.0 Å². The number of hydrogen-bond acceptors (Lipinski definition) is 7. The van der Waals surface area contributed by atoms with Crippen molar-refractivity contribution in [3.63, 3.8) is 0 Å². The zero-order valence-corrected chi connectivity index (χ0v) is 18.5. The van der Waals surface area contributed by atoms with E-state index in [0.29, 0.717) is 31.3 Å². The average Bonchev–Trinajstić information content (AvgIpc) is 3.49. The molecule has 30 heavy (non-hydrogen) atoms. The van der Waals surface area contributed by atoms with Gasteiger partial charge >= 0.3 is 0 Å². The molecule has 0 bridgehead atoms. The van der Waals surface area contributed by atoms with Crippen molar-refractivity contribution < 1.29 is 13.9 Å². The van der Waals surface area contributed by atoms with Gasteiger partial charge in [-0.15, -0.1) is 17.5 Å². The topological polar surface area (TPSA) is 89.5 Å². The molecule has 2 aliphatic heterocycles. The maximum Gasteiger partial charge on any atom is 0.289 e. The Morgan fingerprint density at radius 1 is 1.27 bits per heavy atom. The Labute approximate surface area is 183 Å². The number of furan rings is 1. The SMILES string of the molecule is CC(C)CC(c1nnnn1CC1CCCO1)N1CCN(C(=O)c2ccco2)CC1.Cl. The molecule has 4 rings (SSSR count). The number of piperazine rings is 1. The monoisotopic (exact) mass is 438 g/mol. The molecule has 2 unspecified atom stereocenters. The van der Waals surface area contributed by atoms with Gasteiger partial charge in [-0.3, -0.25) is 9.69 Å². The predicted octanol–water partition coefficient (Wildman–Crippen LogP) is 2.41. The molecule has 166 valence electrons. The summed E-state index contributed by atoms with van der Waals surface area (Å²) in [7, 11) is 0. The minimum Gasteiger partial charge on any atom is -0.459 e. The number of carbonyl (C=O) groups excluding carboxylic acids is 1. The molecule has 2 aromatic heterocycles. The maximum absolute atomic E-state index is 12.6. The second-order valence-electron chi connectivity index (χ2n) is 8.31. The lowest BCUT2D eigenvalue weighted by atomic mass is 10.0. The second kappa shape index (κ2) is 10.4. The lowest BCUT2D eigenvalue weighted by Gasteiger charge is -2.39. The van der Waals surface area contributed by atoms with Crippen molar-refractivity contribution in [3.8, 4) is 0 Å². The third-order valence-electron chi connectivity index (χ3n) is 5.73. The lowest BCUT2D eigenvalue weighted by molar-refractivity contribution is 0.0488. The van der Waals surface area contributed by atoms with Gasteiger partial charge in [-0.1, -0.05) is 13.8 Å². The first-order chi connectivity index (χ1) is 14.1. The molecule has 4 heterocycles. The molecular weight excluding hydrogens is 408 g/mol. The molecule has 2 aliphatic rings. The van der Waals surface area contributed by atoms with Crippen molar-refractivity contribution in [2.45, 2.75) is 51.8 Å². The summed E-state index contributed by atoms with van der Waals surface area (Å²) >= 11 is 0. The van der Waals surface area contributed by atoms with Gasteiger partial charge in [0.1, 0.15) is 0 Å². The van der Waals surface area contributed by atoms with Crippen LogP contribution in [0, 0.1) is 5.92 Å². The van der Waals surface area contributed by atoms with E-state index in [1.165, 1.54) is 6.26 Å². The van der Waals surface area contributed by atoms with Gasteiger partial charge in [0, 0.05) is 32.8 Å². The van der Waals surface area contributed by atoms with Crippen molar-refractivity contribution in [2.75, 3.05) is 32.8 Å². The number of hydrogen-bond donors (Lipinski definition) is 0. The molecule has 0 aliphatic carbocycles. The largest absolute Gasteiger partial charge is 0.459 e. The summed E-state index contributed by atoms with van der Waals surface area (Å²) in [5, 5.41) is 12.6. The fourth-order valence-electron chi connectivity index (χ4n) is 4.22. The Morgan fingerprint density at radius 2 is 2.07 bits per heavy atom. The summed E-state index contributed by atoms with van der Waals surface area (Å²) in [6.45, 7) is 8.88. The summed E-state index contributed by atoms with van der Waals surface area (Å²) in [4.78, 5) is 16.8. The number of nitrogens with zero attached hydrogens (tertiary/aromatic N) is 6. The summed E-state index contributed by atoms with van der Waals surface area (Å²) in [5.74, 6) is 1.77. The van der Waals surface area contributed by atoms with Crippen molar-refractivity contribution in [1.29, 1.82) is 0 Å². The summed E-state index contributed by atoms with van der Waals surface area (Å²) < 4.78 is 13.0. The van der Waals surface area contributed by atoms with Crippen LogP contribution < -0.4 is 0 Å². The van der Waals surface area contributed by atoms with Crippen LogP contribution in [0.5, 0.6) is 0 Å². The smallest absolute Gasteiger partial charge is 0.289 e. The fraction of sp³-hybridized carbons (Fsp3) is 0.700. The van der Waals surface area contributed by atoms with E-state index < -0.39 is 0 Å². The minimum atomic E-state index is -0.0433. The van der Waals surface area contributed by atoms with E-state index in [4.69, 9.17) is 9.15 Å². The Hall–Kier alpha value is -1.97. The minimum absolute atomic E-state index is 0. The van der Waals surface area contributed by atoms with Crippen LogP contribution in [-0.4, -0.2) is 74.8 Å². The highest BCUT2D eigenvalue weighted by atomic mass is 35.5. The Morgan fingerprint density at radius 3 is 2.70 bits per heavy atom. The van der Waals surface area contributed by atoms with Crippen LogP contribution in [0.4, 0.5) is 0 Å². The molecule has 10 heteroatoms. The normalized spacial score (nSPS) is 21.0. The number of carbonyl (C=O) groups is 1. The van der Waals surface area contributed by atoms with E-state index in [0.717, 1.165) is 44.8 Å². The average molecular weight is 439 g/mol. The molecule has 0 aromatic carbocycles. The molecule has 0 saturated carbocycles. The van der Waals surface area contributed by atoms with Gasteiger partial charge in [0.15, 0.2) is 11.6 Å². The first kappa shape index (κ1) is 22.7. The highest BCUT2D eigenvalue weighted by Gasteiger charge is 2.32. The van der Waals surface area contributed by atoms with E-state index in [9.17, 15) is 4.79 Å². The number of aromatic nitrogens is 4. The predicted molar refractivity (Wildman–Crippen MR) is 112 cm³/mol. The number of amides is 1. The molecule has 0 spiro atoms. The van der Waals surface area contributed by atoms with Crippen molar-refractivity contribution >= 4 is 18.3 Å². The highest BCUT2D eigenvalue weighted by molar-refractivity contribution is 5.91. The van der Waals surface area contributed by atoms with Gasteiger partial charge < -0.3 is 14.1 Å². The summed E-state index contributed by atoms with van der Waals surface area (Å²) in [6.07, 6.45) is 4.86. The van der Waals surface area contributed by atoms with Gasteiger partial charge in [-0.05, 0) is 47.7 Å². The lowest BCUT2D eigenvalue weighted by Crippen LogP contribution is -2.50. The quantitative estimate of drug-likeness (QED) is 0.655. The van der Waals surface area contributed by atoms with Crippen LogP contribution in [0.25, 0.3) is 0 Å². The molecule has 2 fully saturated rings. The molecule has 2 aromatic rings. The zero-order valence-electron chi connectivity index (χ0n) is 17.6. The van der Waals surface area contributed by atoms with E-state index in [-0.39, 0.29) is 30.5 Å². The molecule has 2 atom stereocenters. The Balaban J connectivity index is 0.00000256. The van der Waals surface area contributed by atoms with Crippen LogP contribution in [0.1, 0.15) is 55.5 Å². The van der Waals surface area contributed by atoms with Crippen molar-refractivity contribution in [1.82, 2.24) is 30.0 Å². The Kier molecular flexibility index (Phi) is 7.85. The first-order valence-corrected chi connectivity index (χ1v) is 10.6. The van der Waals surface area contributed by atoms with Crippen molar-refractivity contribution in [2.24, 2.45) is 5.92 Å². The van der Waals surface area contributed by atoms with Crippen LogP contribution in [0.15, 0.2) is 22.8 Å². The van der Waals surface area contributed by atoms with Crippen LogP contribution >= 0.6 is 12.4 Å². The van der Waals surface area contributed by atoms with E-state index >= 15 is 0 Å². The zero-order chi connectivity index (χ0) is 20.2. The fourth-order valence-corrected chi connectivity index (χ4v) is 4.22. The summed E-state index contributed by atoms with van der Waals surface area (Å²) in [5.41, 5.74) is 0. The van der Waals surface area contributed by atoms with E-state index in [1.807, 2.05) is 9.58 Å². The van der Waals surface area contributed by atoms with E-state index in [1.54, 1.807) is 12.1 Å². The third kappa shape index (κ3) is 5.19. The first-order valence-electron chi connectivity index (χ1n) is 10.6. The van der Waals surface area contributed by atoms with E-state index in [2.05, 4.69) is 34.3 Å². The van der Waals surface area contributed by atoms with Crippen LogP contribution in [-0.2, 0) is 11.3 Å². The molecule has 1 amide bonds. The third-order valence-corrected chi connectivity index (χ3v) is 5.73. The molecule has 2 saturated heterocycles. The van der Waals surface area contributed by atoms with Gasteiger partial charge in [-0.25, -0.2) is 4.68 Å². The van der Waals surface area contributed by atoms with Gasteiger partial charge in [-0.2, -0.15) is 0 Å². The second-order valence-corrected chi connectivity index (χ2v) is 8.31. The summed E-state index contributed by atoms with van der Waals surface area (Å²) in [6, 6.07) is 3.60. The molecule has 0 radical (unpaired) electrons. The maximum atomic E-state index is 12.6. The molecular formula is C20H31ClN6O3. The number of rotatable bonds is 7. The number of halogens is 1. The Bertz CT molecular complexity index is 782. The molecule has 9 nitrogen and oxygen atoms in total. The standard InChI is InChI=1S/C20H30N6O3.ClH/c1-15(2)13-17(19-21-22-23-26(19)14-16-5-3-11-28-16)24-7-9-25(10-8-24)20(27)18-6-4-12-29-18;/h4,6,12,15-17H,3,5,7-11,13-14H2,1-2H3;1H. The van der Waals surface area contributed by atoms with Gasteiger partial charge in [0.2, 0.25) is 0 Å². The van der Waals surface area contributed by atoms with Gasteiger partial charge in [0.25, 0.3) is 5.91 Å². The highest BCUT2D eigenvalue weighted by Crippen LogP contribution is 2.28. The molecule has 0 N–H and O–H groups in total. The van der Waals surface area contributed by atoms with Gasteiger partial charge in [0.05, 0.1) is 25.0 Å².